The smallest absolute Gasteiger partial charge is 0.0281 e. The van der Waals surface area contributed by atoms with Crippen molar-refractivity contribution in [2.45, 2.75) is 105 Å². The Balaban J connectivity index is 0.000000126. The van der Waals surface area contributed by atoms with E-state index in [1.54, 1.807) is 5.56 Å². The van der Waals surface area contributed by atoms with Crippen LogP contribution in [0.5, 0.6) is 0 Å². The van der Waals surface area contributed by atoms with E-state index >= 15 is 0 Å². The highest BCUT2D eigenvalue weighted by atomic mass is 14.3. The lowest BCUT2D eigenvalue weighted by Crippen LogP contribution is -2.10. The molecule has 0 N–H and O–H groups in total. The third kappa shape index (κ3) is 12.4. The summed E-state index contributed by atoms with van der Waals surface area (Å²) in [7, 11) is 0. The zero-order valence-corrected chi connectivity index (χ0v) is 47.6. The van der Waals surface area contributed by atoms with Gasteiger partial charge < -0.3 is 0 Å². The van der Waals surface area contributed by atoms with Crippen LogP contribution in [0, 0.1) is 52.4 Å². The zero-order chi connectivity index (χ0) is 54.2. The van der Waals surface area contributed by atoms with Crippen molar-refractivity contribution in [2.75, 3.05) is 0 Å². The molecule has 79 heavy (non-hydrogen) atoms. The molecule has 0 saturated heterocycles. The average Bonchev–Trinajstić information content (AvgIpc) is 4.35. The minimum atomic E-state index is 0.396. The van der Waals surface area contributed by atoms with Crippen LogP contribution >= 0.6 is 0 Å². The molecule has 6 aromatic rings. The molecule has 0 radical (unpaired) electrons. The van der Waals surface area contributed by atoms with E-state index in [2.05, 4.69) is 272 Å². The normalized spacial score (nSPS) is 19.6. The Bertz CT molecular complexity index is 3570. The highest BCUT2D eigenvalue weighted by molar-refractivity contribution is 5.81. The van der Waals surface area contributed by atoms with Crippen molar-refractivity contribution in [3.8, 4) is 0 Å². The number of fused-ring (bicyclic) bond motifs is 3. The van der Waals surface area contributed by atoms with Gasteiger partial charge in [0.05, 0.1) is 0 Å². The fourth-order valence-corrected chi connectivity index (χ4v) is 12.8. The number of aryl methyl sites for hydroxylation is 6. The van der Waals surface area contributed by atoms with E-state index in [0.717, 1.165) is 31.6 Å². The van der Waals surface area contributed by atoms with Crippen LogP contribution in [0.1, 0.15) is 117 Å². The molecule has 1 saturated carbocycles. The molecule has 7 aliphatic carbocycles. The van der Waals surface area contributed by atoms with E-state index in [1.807, 2.05) is 0 Å². The molecule has 0 spiro atoms. The molecule has 7 aliphatic rings. The van der Waals surface area contributed by atoms with Crippen molar-refractivity contribution in [1.82, 2.24) is 0 Å². The fraction of sp³-hybridized carbons (Fsp3) is 0.241. The Morgan fingerprint density at radius 1 is 0.342 bits per heavy atom. The van der Waals surface area contributed by atoms with Gasteiger partial charge in [-0.05, 0) is 179 Å². The van der Waals surface area contributed by atoms with Gasteiger partial charge in [0.15, 0.2) is 0 Å². The van der Waals surface area contributed by atoms with Crippen LogP contribution in [-0.4, -0.2) is 0 Å². The third-order valence-electron chi connectivity index (χ3n) is 17.6. The van der Waals surface area contributed by atoms with Crippen LogP contribution in [-0.2, 0) is 25.7 Å². The summed E-state index contributed by atoms with van der Waals surface area (Å²) in [6.45, 7) is 13.0. The number of benzene rings is 6. The van der Waals surface area contributed by atoms with E-state index in [9.17, 15) is 0 Å². The lowest BCUT2D eigenvalue weighted by molar-refractivity contribution is 0.443. The Morgan fingerprint density at radius 3 is 1.08 bits per heavy atom. The van der Waals surface area contributed by atoms with Gasteiger partial charge in [0.2, 0.25) is 0 Å². The first-order valence-electron chi connectivity index (χ1n) is 29.5. The second-order valence-corrected chi connectivity index (χ2v) is 23.2. The molecule has 3 atom stereocenters. The second kappa shape index (κ2) is 24.5. The van der Waals surface area contributed by atoms with Crippen molar-refractivity contribution in [2.24, 2.45) is 17.8 Å². The molecule has 0 heterocycles. The van der Waals surface area contributed by atoms with Crippen molar-refractivity contribution in [3.05, 3.63) is 336 Å². The van der Waals surface area contributed by atoms with E-state index in [4.69, 9.17) is 0 Å². The lowest BCUT2D eigenvalue weighted by Gasteiger charge is -2.25. The van der Waals surface area contributed by atoms with Gasteiger partial charge in [-0.15, -0.1) is 0 Å². The Kier molecular flexibility index (Phi) is 16.5. The molecule has 0 heteroatoms. The van der Waals surface area contributed by atoms with Gasteiger partial charge >= 0.3 is 0 Å². The maximum atomic E-state index is 2.39. The van der Waals surface area contributed by atoms with Crippen molar-refractivity contribution < 1.29 is 0 Å². The Hall–Kier alpha value is -7.80. The predicted octanol–water partition coefficient (Wildman–Crippen LogP) is 20.2. The highest BCUT2D eigenvalue weighted by Crippen LogP contribution is 2.45. The summed E-state index contributed by atoms with van der Waals surface area (Å²) in [5, 5.41) is 0. The molecule has 3 unspecified atom stereocenters. The van der Waals surface area contributed by atoms with Gasteiger partial charge in [-0.1, -0.05) is 279 Å². The summed E-state index contributed by atoms with van der Waals surface area (Å²) in [6.07, 6.45) is 45.6. The quantitative estimate of drug-likeness (QED) is 0.121. The van der Waals surface area contributed by atoms with Gasteiger partial charge in [-0.2, -0.15) is 0 Å². The third-order valence-corrected chi connectivity index (χ3v) is 17.6. The molecule has 0 aliphatic heterocycles. The summed E-state index contributed by atoms with van der Waals surface area (Å²) in [5.74, 6) is 1.99. The maximum absolute atomic E-state index is 2.39. The Morgan fingerprint density at radius 2 is 0.696 bits per heavy atom. The summed E-state index contributed by atoms with van der Waals surface area (Å²) >= 11 is 0. The molecular weight excluding hydrogens is 949 g/mol. The zero-order valence-electron chi connectivity index (χ0n) is 47.6. The Labute approximate surface area is 473 Å². The van der Waals surface area contributed by atoms with Crippen LogP contribution in [0.4, 0.5) is 0 Å². The lowest BCUT2D eigenvalue weighted by atomic mass is 9.79. The summed E-state index contributed by atoms with van der Waals surface area (Å²) in [4.78, 5) is 0. The van der Waals surface area contributed by atoms with Gasteiger partial charge in [0.1, 0.15) is 0 Å². The minimum absolute atomic E-state index is 0.396. The predicted molar refractivity (Wildman–Crippen MR) is 339 cm³/mol. The van der Waals surface area contributed by atoms with E-state index < -0.39 is 0 Å². The van der Waals surface area contributed by atoms with Gasteiger partial charge in [0, 0.05) is 17.8 Å². The largest absolute Gasteiger partial charge is 0.0726 e. The van der Waals surface area contributed by atoms with Crippen LogP contribution in [0.3, 0.4) is 0 Å². The van der Waals surface area contributed by atoms with Crippen molar-refractivity contribution in [3.63, 3.8) is 0 Å². The van der Waals surface area contributed by atoms with Gasteiger partial charge in [0.25, 0.3) is 0 Å². The molecule has 394 valence electrons. The topological polar surface area (TPSA) is 0 Å². The van der Waals surface area contributed by atoms with Gasteiger partial charge in [-0.25, -0.2) is 0 Å². The average molecular weight is 1030 g/mol. The second-order valence-electron chi connectivity index (χ2n) is 23.2. The molecule has 6 aromatic carbocycles. The van der Waals surface area contributed by atoms with Crippen LogP contribution in [0.25, 0.3) is 16.7 Å². The molecule has 0 nitrogen and oxygen atoms in total. The molecule has 0 bridgehead atoms. The first kappa shape index (κ1) is 53.2. The molecular formula is C79H78. The fourth-order valence-electron chi connectivity index (χ4n) is 12.8. The van der Waals surface area contributed by atoms with Crippen LogP contribution < -0.4 is 0 Å². The number of allylic oxidation sites excluding steroid dienone is 24. The molecule has 0 amide bonds. The van der Waals surface area contributed by atoms with E-state index in [0.29, 0.717) is 17.8 Å². The van der Waals surface area contributed by atoms with Crippen LogP contribution in [0.15, 0.2) is 264 Å². The van der Waals surface area contributed by atoms with Crippen LogP contribution in [0.2, 0.25) is 0 Å². The summed E-state index contributed by atoms with van der Waals surface area (Å²) < 4.78 is 0. The number of rotatable bonds is 11. The number of hydrogen-bond acceptors (Lipinski definition) is 0. The van der Waals surface area contributed by atoms with Crippen molar-refractivity contribution in [1.29, 1.82) is 0 Å². The van der Waals surface area contributed by atoms with Crippen molar-refractivity contribution >= 4 is 16.7 Å². The maximum Gasteiger partial charge on any atom is 0.0281 e. The summed E-state index contributed by atoms with van der Waals surface area (Å²) in [6, 6.07) is 52.1. The van der Waals surface area contributed by atoms with E-state index in [1.165, 1.54) is 149 Å². The standard InChI is InChI=1S/C29H30.C26H26.C24H22/c1-21-10-14-25(15-11-21)28-19-18-26(27-8-5-9-29(27)28)20-22-12-16-24(17-13-22)23-6-3-2-4-7-23;1-4-21-12-13-22(16-19(21)3)25-15-14-23(24-6-5-7-26(24)25)17-20-10-8-18(2)9-11-20;1-17-6-10-19(11-7-17)16-21-14-15-23(24-5-3-4-22(21)24)20-12-8-18(2)9-13-20/h5,8-19,23,29H,2-4,6-7,20H2,1H3;5-16,26H,4,17H2,1-3H3;3-15,24H,16H2,1-2H3. The SMILES string of the molecule is CCc1ccc(C2=CC=C(Cc3ccc(C)cc3)C3=CC=CC32)cc1C.Cc1ccc(C2=CC=C(Cc3ccc(C4CCCCC4)cc3)C3=CC=CC32)cc1.Cc1ccc(CC2=CC=C(c3ccc(C)cc3)C3C=CC=C23)cc1. The van der Waals surface area contributed by atoms with E-state index in [-0.39, 0.29) is 0 Å². The first-order valence-corrected chi connectivity index (χ1v) is 29.5. The monoisotopic (exact) mass is 1030 g/mol. The summed E-state index contributed by atoms with van der Waals surface area (Å²) in [5.41, 5.74) is 30.8. The van der Waals surface area contributed by atoms with Gasteiger partial charge in [-0.3, -0.25) is 0 Å². The molecule has 0 aromatic heterocycles. The minimum Gasteiger partial charge on any atom is -0.0726 e. The number of hydrogen-bond donors (Lipinski definition) is 0. The molecule has 1 fully saturated rings. The molecule has 13 rings (SSSR count). The highest BCUT2D eigenvalue weighted by Gasteiger charge is 2.29. The first-order chi connectivity index (χ1) is 38.6.